The summed E-state index contributed by atoms with van der Waals surface area (Å²) in [6, 6.07) is 19.4. The molecule has 0 saturated heterocycles. The van der Waals surface area contributed by atoms with Crippen molar-refractivity contribution in [2.45, 2.75) is 13.3 Å². The second-order valence-electron chi connectivity index (χ2n) is 5.19. The number of carbonyl (C=O) groups is 1. The van der Waals surface area contributed by atoms with Crippen LogP contribution in [0.4, 0.5) is 0 Å². The summed E-state index contributed by atoms with van der Waals surface area (Å²) < 4.78 is 5.27. The summed E-state index contributed by atoms with van der Waals surface area (Å²) in [6.07, 6.45) is 4.66. The van der Waals surface area contributed by atoms with E-state index in [0.717, 1.165) is 23.1 Å². The normalized spacial score (nSPS) is 16.4. The SMILES string of the molecule is CCC(/C=C1\N=C(c2ccccc2)OC1=O)=C\c1ccccc1. The number of esters is 1. The van der Waals surface area contributed by atoms with Crippen LogP contribution in [0.15, 0.2) is 83.0 Å². The molecule has 0 N–H and O–H groups in total. The van der Waals surface area contributed by atoms with Gasteiger partial charge in [-0.3, -0.25) is 0 Å². The molecule has 1 aliphatic heterocycles. The third-order valence-electron chi connectivity index (χ3n) is 3.52. The minimum absolute atomic E-state index is 0.341. The third kappa shape index (κ3) is 3.64. The molecule has 0 spiro atoms. The van der Waals surface area contributed by atoms with Crippen LogP contribution in [0, 0.1) is 0 Å². The highest BCUT2D eigenvalue weighted by atomic mass is 16.6. The van der Waals surface area contributed by atoms with Crippen molar-refractivity contribution in [2.75, 3.05) is 0 Å². The number of hydrogen-bond acceptors (Lipinski definition) is 3. The van der Waals surface area contributed by atoms with Crippen molar-refractivity contribution >= 4 is 17.9 Å². The van der Waals surface area contributed by atoms with Crippen molar-refractivity contribution in [3.05, 3.63) is 89.1 Å². The predicted molar refractivity (Wildman–Crippen MR) is 91.9 cm³/mol. The third-order valence-corrected chi connectivity index (χ3v) is 3.52. The maximum Gasteiger partial charge on any atom is 0.363 e. The van der Waals surface area contributed by atoms with Crippen LogP contribution in [-0.2, 0) is 9.53 Å². The summed E-state index contributed by atoms with van der Waals surface area (Å²) in [5.74, 6) is -0.0479. The molecule has 0 aliphatic carbocycles. The van der Waals surface area contributed by atoms with Crippen molar-refractivity contribution < 1.29 is 9.53 Å². The first-order valence-corrected chi connectivity index (χ1v) is 7.60. The molecule has 0 unspecified atom stereocenters. The Morgan fingerprint density at radius 3 is 2.35 bits per heavy atom. The molecular weight excluding hydrogens is 286 g/mol. The van der Waals surface area contributed by atoms with Crippen molar-refractivity contribution in [3.63, 3.8) is 0 Å². The van der Waals surface area contributed by atoms with E-state index in [-0.39, 0.29) is 0 Å². The van der Waals surface area contributed by atoms with E-state index in [1.807, 2.05) is 67.6 Å². The molecule has 0 amide bonds. The second-order valence-corrected chi connectivity index (χ2v) is 5.19. The van der Waals surface area contributed by atoms with Crippen LogP contribution in [0.2, 0.25) is 0 Å². The van der Waals surface area contributed by atoms with Crippen LogP contribution < -0.4 is 0 Å². The minimum atomic E-state index is -0.406. The summed E-state index contributed by atoms with van der Waals surface area (Å²) in [5.41, 5.74) is 3.27. The first kappa shape index (κ1) is 15.0. The van der Waals surface area contributed by atoms with Crippen molar-refractivity contribution in [1.29, 1.82) is 0 Å². The molecule has 23 heavy (non-hydrogen) atoms. The van der Waals surface area contributed by atoms with Crippen LogP contribution in [0.3, 0.4) is 0 Å². The minimum Gasteiger partial charge on any atom is -0.402 e. The zero-order valence-corrected chi connectivity index (χ0v) is 12.9. The highest BCUT2D eigenvalue weighted by Gasteiger charge is 2.23. The van der Waals surface area contributed by atoms with Gasteiger partial charge in [0, 0.05) is 5.56 Å². The fourth-order valence-corrected chi connectivity index (χ4v) is 2.30. The number of aliphatic imine (C=N–C) groups is 1. The summed E-state index contributed by atoms with van der Waals surface area (Å²) in [4.78, 5) is 16.4. The van der Waals surface area contributed by atoms with Gasteiger partial charge in [-0.25, -0.2) is 9.79 Å². The molecule has 0 atom stereocenters. The van der Waals surface area contributed by atoms with E-state index in [9.17, 15) is 4.79 Å². The Balaban J connectivity index is 1.90. The monoisotopic (exact) mass is 303 g/mol. The molecule has 0 aromatic heterocycles. The lowest BCUT2D eigenvalue weighted by Crippen LogP contribution is -2.05. The van der Waals surface area contributed by atoms with Gasteiger partial charge in [-0.05, 0) is 35.8 Å². The maximum absolute atomic E-state index is 12.0. The molecule has 3 heteroatoms. The summed E-state index contributed by atoms with van der Waals surface area (Å²) in [6.45, 7) is 2.05. The average molecular weight is 303 g/mol. The smallest absolute Gasteiger partial charge is 0.363 e. The number of ether oxygens (including phenoxy) is 1. The van der Waals surface area contributed by atoms with Crippen LogP contribution in [0.1, 0.15) is 24.5 Å². The van der Waals surface area contributed by atoms with Gasteiger partial charge in [0.05, 0.1) is 0 Å². The van der Waals surface area contributed by atoms with Gasteiger partial charge in [-0.15, -0.1) is 0 Å². The van der Waals surface area contributed by atoms with E-state index in [1.54, 1.807) is 6.08 Å². The van der Waals surface area contributed by atoms with Gasteiger partial charge in [0.2, 0.25) is 5.90 Å². The Hall–Kier alpha value is -2.94. The molecule has 0 fully saturated rings. The van der Waals surface area contributed by atoms with Crippen molar-refractivity contribution in [3.8, 4) is 0 Å². The molecule has 2 aromatic rings. The number of benzene rings is 2. The van der Waals surface area contributed by atoms with E-state index in [2.05, 4.69) is 11.1 Å². The zero-order valence-electron chi connectivity index (χ0n) is 12.9. The van der Waals surface area contributed by atoms with Gasteiger partial charge in [0.15, 0.2) is 5.70 Å². The highest BCUT2D eigenvalue weighted by molar-refractivity contribution is 6.11. The first-order chi connectivity index (χ1) is 11.3. The molecule has 2 aromatic carbocycles. The largest absolute Gasteiger partial charge is 0.402 e. The first-order valence-electron chi connectivity index (χ1n) is 7.60. The van der Waals surface area contributed by atoms with Crippen molar-refractivity contribution in [1.82, 2.24) is 0 Å². The van der Waals surface area contributed by atoms with E-state index in [1.165, 1.54) is 0 Å². The number of allylic oxidation sites excluding steroid dienone is 2. The van der Waals surface area contributed by atoms with Crippen molar-refractivity contribution in [2.24, 2.45) is 4.99 Å². The van der Waals surface area contributed by atoms with Gasteiger partial charge < -0.3 is 4.74 Å². The predicted octanol–water partition coefficient (Wildman–Crippen LogP) is 4.37. The van der Waals surface area contributed by atoms with Gasteiger partial charge in [0.1, 0.15) is 0 Å². The number of hydrogen-bond donors (Lipinski definition) is 0. The van der Waals surface area contributed by atoms with E-state index >= 15 is 0 Å². The van der Waals surface area contributed by atoms with Crippen LogP contribution >= 0.6 is 0 Å². The maximum atomic E-state index is 12.0. The molecule has 3 rings (SSSR count). The molecule has 0 radical (unpaired) electrons. The zero-order chi connectivity index (χ0) is 16.1. The molecule has 0 saturated carbocycles. The molecule has 1 aliphatic rings. The lowest BCUT2D eigenvalue weighted by Gasteiger charge is -1.99. The fourth-order valence-electron chi connectivity index (χ4n) is 2.30. The van der Waals surface area contributed by atoms with Gasteiger partial charge in [0.25, 0.3) is 0 Å². The Labute approximate surface area is 135 Å². The fraction of sp³-hybridized carbons (Fsp3) is 0.100. The second kappa shape index (κ2) is 6.88. The summed E-state index contributed by atoms with van der Waals surface area (Å²) in [5, 5.41) is 0. The number of cyclic esters (lactones) is 1. The Bertz CT molecular complexity index is 787. The van der Waals surface area contributed by atoms with Crippen LogP contribution in [0.5, 0.6) is 0 Å². The van der Waals surface area contributed by atoms with Crippen LogP contribution in [-0.4, -0.2) is 11.9 Å². The van der Waals surface area contributed by atoms with E-state index < -0.39 is 5.97 Å². The number of rotatable bonds is 4. The molecule has 0 bridgehead atoms. The van der Waals surface area contributed by atoms with Crippen LogP contribution in [0.25, 0.3) is 6.08 Å². The summed E-state index contributed by atoms with van der Waals surface area (Å²) >= 11 is 0. The van der Waals surface area contributed by atoms with Gasteiger partial charge in [-0.1, -0.05) is 61.5 Å². The van der Waals surface area contributed by atoms with Gasteiger partial charge >= 0.3 is 5.97 Å². The van der Waals surface area contributed by atoms with E-state index in [0.29, 0.717) is 11.6 Å². The van der Waals surface area contributed by atoms with E-state index in [4.69, 9.17) is 4.74 Å². The Morgan fingerprint density at radius 1 is 1.04 bits per heavy atom. The Kier molecular flexibility index (Phi) is 4.48. The molecule has 1 heterocycles. The topological polar surface area (TPSA) is 38.7 Å². The lowest BCUT2D eigenvalue weighted by molar-refractivity contribution is -0.130. The Morgan fingerprint density at radius 2 is 1.70 bits per heavy atom. The average Bonchev–Trinajstić information content (AvgIpc) is 2.97. The van der Waals surface area contributed by atoms with Gasteiger partial charge in [-0.2, -0.15) is 0 Å². The number of nitrogens with zero attached hydrogens (tertiary/aromatic N) is 1. The highest BCUT2D eigenvalue weighted by Crippen LogP contribution is 2.20. The quantitative estimate of drug-likeness (QED) is 0.621. The standard InChI is InChI=1S/C20H17NO2/c1-2-15(13-16-9-5-3-6-10-16)14-18-20(22)23-19(21-18)17-11-7-4-8-12-17/h3-14H,2H2,1H3/b15-13+,18-14-. The molecule has 3 nitrogen and oxygen atoms in total. The lowest BCUT2D eigenvalue weighted by atomic mass is 10.1. The number of carbonyl (C=O) groups excluding carboxylic acids is 1. The summed E-state index contributed by atoms with van der Waals surface area (Å²) in [7, 11) is 0. The molecular formula is C20H17NO2. The molecule has 114 valence electrons.